The van der Waals surface area contributed by atoms with Gasteiger partial charge in [0.1, 0.15) is 5.75 Å². The summed E-state index contributed by atoms with van der Waals surface area (Å²) in [4.78, 5) is 26.5. The summed E-state index contributed by atoms with van der Waals surface area (Å²) in [5.41, 5.74) is 1.71. The summed E-state index contributed by atoms with van der Waals surface area (Å²) in [6, 6.07) is 17.7. The van der Waals surface area contributed by atoms with E-state index < -0.39 is 24.4 Å². The fourth-order valence-corrected chi connectivity index (χ4v) is 4.06. The van der Waals surface area contributed by atoms with Crippen molar-refractivity contribution < 1.29 is 22.2 Å². The zero-order valence-electron chi connectivity index (χ0n) is 21.0. The number of carbonyl (C=O) groups is 2. The Morgan fingerprint density at radius 2 is 1.79 bits per heavy atom. The number of thiophene rings is 1. The molecular formula is C27H31NO4S. The maximum absolute atomic E-state index is 13.5. The molecule has 2 aromatic carbocycles. The van der Waals surface area contributed by atoms with Crippen molar-refractivity contribution in [3.05, 3.63) is 77.2 Å². The van der Waals surface area contributed by atoms with E-state index in [4.69, 9.17) is 12.6 Å². The SMILES string of the molecule is [2H]C([2H])(c1ccccc1OCCCCCC(=O)O)N(C(=O)c1ccc(-c2cccs2)cc1)C(C)C. The Bertz CT molecular complexity index is 1110. The van der Waals surface area contributed by atoms with Crippen molar-refractivity contribution in [2.45, 2.75) is 52.1 Å². The Labute approximate surface area is 202 Å². The van der Waals surface area contributed by atoms with Gasteiger partial charge >= 0.3 is 5.97 Å². The van der Waals surface area contributed by atoms with Crippen LogP contribution < -0.4 is 4.74 Å². The van der Waals surface area contributed by atoms with Crippen LogP contribution in [-0.4, -0.2) is 34.5 Å². The summed E-state index contributed by atoms with van der Waals surface area (Å²) in [6.45, 7) is 1.81. The molecule has 0 atom stereocenters. The second-order valence-corrected chi connectivity index (χ2v) is 8.93. The molecule has 3 aromatic rings. The number of hydrogen-bond donors (Lipinski definition) is 1. The molecule has 0 aliphatic carbocycles. The first-order valence-electron chi connectivity index (χ1n) is 12.1. The van der Waals surface area contributed by atoms with Crippen LogP contribution in [0.4, 0.5) is 0 Å². The van der Waals surface area contributed by atoms with Crippen LogP contribution in [0.15, 0.2) is 66.0 Å². The van der Waals surface area contributed by atoms with E-state index in [1.807, 2.05) is 29.6 Å². The van der Waals surface area contributed by atoms with E-state index in [2.05, 4.69) is 0 Å². The van der Waals surface area contributed by atoms with Crippen LogP contribution >= 0.6 is 11.3 Å². The van der Waals surface area contributed by atoms with Crippen molar-refractivity contribution >= 4 is 23.2 Å². The van der Waals surface area contributed by atoms with Gasteiger partial charge in [-0.05, 0) is 68.3 Å². The van der Waals surface area contributed by atoms with E-state index in [1.165, 1.54) is 4.90 Å². The van der Waals surface area contributed by atoms with Gasteiger partial charge in [-0.2, -0.15) is 0 Å². The lowest BCUT2D eigenvalue weighted by molar-refractivity contribution is -0.137. The molecule has 1 N–H and O–H groups in total. The van der Waals surface area contributed by atoms with Gasteiger partial charge in [0.15, 0.2) is 0 Å². The highest BCUT2D eigenvalue weighted by molar-refractivity contribution is 7.13. The molecule has 0 radical (unpaired) electrons. The smallest absolute Gasteiger partial charge is 0.303 e. The van der Waals surface area contributed by atoms with Crippen molar-refractivity contribution in [3.8, 4) is 16.2 Å². The minimum atomic E-state index is -2.11. The molecular weight excluding hydrogens is 434 g/mol. The number of nitrogens with zero attached hydrogens (tertiary/aromatic N) is 1. The van der Waals surface area contributed by atoms with Gasteiger partial charge in [-0.3, -0.25) is 9.59 Å². The lowest BCUT2D eigenvalue weighted by atomic mass is 10.1. The number of para-hydroxylation sites is 1. The molecule has 1 aromatic heterocycles. The summed E-state index contributed by atoms with van der Waals surface area (Å²) in [6.07, 6.45) is 2.06. The van der Waals surface area contributed by atoms with Gasteiger partial charge in [0.05, 0.1) is 9.35 Å². The van der Waals surface area contributed by atoms with Crippen LogP contribution in [0.3, 0.4) is 0 Å². The molecule has 33 heavy (non-hydrogen) atoms. The molecule has 1 heterocycles. The third-order valence-electron chi connectivity index (χ3n) is 5.09. The maximum atomic E-state index is 13.5. The van der Waals surface area contributed by atoms with Crippen LogP contribution in [0.2, 0.25) is 0 Å². The molecule has 1 amide bonds. The summed E-state index contributed by atoms with van der Waals surface area (Å²) in [5, 5.41) is 10.7. The van der Waals surface area contributed by atoms with Crippen LogP contribution in [0, 0.1) is 0 Å². The summed E-state index contributed by atoms with van der Waals surface area (Å²) < 4.78 is 23.8. The van der Waals surface area contributed by atoms with Crippen LogP contribution in [-0.2, 0) is 11.3 Å². The van der Waals surface area contributed by atoms with Crippen molar-refractivity contribution in [3.63, 3.8) is 0 Å². The highest BCUT2D eigenvalue weighted by atomic mass is 32.1. The van der Waals surface area contributed by atoms with Gasteiger partial charge in [-0.15, -0.1) is 11.3 Å². The topological polar surface area (TPSA) is 66.8 Å². The fourth-order valence-electron chi connectivity index (χ4n) is 3.33. The second kappa shape index (κ2) is 12.2. The van der Waals surface area contributed by atoms with Gasteiger partial charge in [0, 0.05) is 35.0 Å². The maximum Gasteiger partial charge on any atom is 0.303 e. The molecule has 0 bridgehead atoms. The lowest BCUT2D eigenvalue weighted by Crippen LogP contribution is -2.36. The number of rotatable bonds is 12. The number of ether oxygens (including phenoxy) is 1. The first-order chi connectivity index (χ1) is 16.7. The number of carboxylic acids is 1. The molecule has 0 spiro atoms. The Hall–Kier alpha value is -3.12. The predicted molar refractivity (Wildman–Crippen MR) is 133 cm³/mol. The van der Waals surface area contributed by atoms with E-state index in [0.717, 1.165) is 10.4 Å². The average molecular weight is 468 g/mol. The Morgan fingerprint density at radius 1 is 1.03 bits per heavy atom. The number of hydrogen-bond acceptors (Lipinski definition) is 4. The highest BCUT2D eigenvalue weighted by Gasteiger charge is 2.21. The molecule has 0 aliphatic rings. The first-order valence-corrected chi connectivity index (χ1v) is 12.0. The van der Waals surface area contributed by atoms with E-state index in [1.54, 1.807) is 61.6 Å². The molecule has 0 unspecified atom stereocenters. The first kappa shape index (κ1) is 21.7. The normalized spacial score (nSPS) is 12.2. The monoisotopic (exact) mass is 467 g/mol. The quantitative estimate of drug-likeness (QED) is 0.309. The number of unbranched alkanes of at least 4 members (excludes halogenated alkanes) is 2. The molecule has 5 nitrogen and oxygen atoms in total. The van der Waals surface area contributed by atoms with Crippen molar-refractivity contribution in [2.75, 3.05) is 6.61 Å². The van der Waals surface area contributed by atoms with E-state index in [9.17, 15) is 9.59 Å². The molecule has 0 saturated carbocycles. The Balaban J connectivity index is 1.78. The molecule has 3 rings (SSSR count). The molecule has 0 saturated heterocycles. The standard InChI is InChI=1S/C27H31NO4S/c1-20(2)28(27(31)22-15-13-21(14-16-22)25-11-8-18-33-25)19-23-9-5-6-10-24(23)32-17-7-3-4-12-26(29)30/h5-6,8-11,13-16,18,20H,3-4,7,12,17,19H2,1-2H3,(H,29,30)/i19D2. The number of amides is 1. The summed E-state index contributed by atoms with van der Waals surface area (Å²) >= 11 is 1.62. The van der Waals surface area contributed by atoms with Gasteiger partial charge in [-0.25, -0.2) is 0 Å². The second-order valence-electron chi connectivity index (χ2n) is 7.98. The average Bonchev–Trinajstić information content (AvgIpc) is 3.36. The Morgan fingerprint density at radius 3 is 2.45 bits per heavy atom. The van der Waals surface area contributed by atoms with Crippen LogP contribution in [0.5, 0.6) is 5.75 Å². The van der Waals surface area contributed by atoms with Crippen molar-refractivity contribution in [1.29, 1.82) is 0 Å². The highest BCUT2D eigenvalue weighted by Crippen LogP contribution is 2.26. The van der Waals surface area contributed by atoms with E-state index in [-0.39, 0.29) is 12.0 Å². The zero-order valence-corrected chi connectivity index (χ0v) is 19.8. The van der Waals surface area contributed by atoms with Gasteiger partial charge in [0.25, 0.3) is 5.91 Å². The third-order valence-corrected chi connectivity index (χ3v) is 6.01. The van der Waals surface area contributed by atoms with E-state index in [0.29, 0.717) is 37.2 Å². The number of carboxylic acid groups (broad SMARTS) is 1. The van der Waals surface area contributed by atoms with E-state index >= 15 is 0 Å². The van der Waals surface area contributed by atoms with Crippen LogP contribution in [0.25, 0.3) is 10.4 Å². The lowest BCUT2D eigenvalue weighted by Gasteiger charge is -2.28. The summed E-state index contributed by atoms with van der Waals surface area (Å²) in [7, 11) is 0. The minimum Gasteiger partial charge on any atom is -0.493 e. The number of aliphatic carboxylic acids is 1. The molecule has 0 fully saturated rings. The Kier molecular flexibility index (Phi) is 8.03. The van der Waals surface area contributed by atoms with Crippen molar-refractivity contribution in [2.24, 2.45) is 0 Å². The summed E-state index contributed by atoms with van der Waals surface area (Å²) in [5.74, 6) is -0.836. The minimum absolute atomic E-state index is 0.124. The fraction of sp³-hybridized carbons (Fsp3) is 0.333. The zero-order chi connectivity index (χ0) is 25.4. The third kappa shape index (κ3) is 7.19. The molecule has 6 heteroatoms. The van der Waals surface area contributed by atoms with Crippen LogP contribution in [0.1, 0.15) is 58.2 Å². The molecule has 174 valence electrons. The van der Waals surface area contributed by atoms with Gasteiger partial charge < -0.3 is 14.7 Å². The van der Waals surface area contributed by atoms with Crippen molar-refractivity contribution in [1.82, 2.24) is 4.90 Å². The van der Waals surface area contributed by atoms with Gasteiger partial charge in [-0.1, -0.05) is 36.4 Å². The number of benzene rings is 2. The largest absolute Gasteiger partial charge is 0.493 e. The van der Waals surface area contributed by atoms with Gasteiger partial charge in [0.2, 0.25) is 0 Å². The molecule has 0 aliphatic heterocycles. The predicted octanol–water partition coefficient (Wildman–Crippen LogP) is 6.49. The number of carbonyl (C=O) groups excluding carboxylic acids is 1.